The zero-order valence-corrected chi connectivity index (χ0v) is 12.6. The minimum Gasteiger partial charge on any atom is -0.335 e. The van der Waals surface area contributed by atoms with E-state index in [-0.39, 0.29) is 30.0 Å². The summed E-state index contributed by atoms with van der Waals surface area (Å²) in [4.78, 5) is 23.1. The maximum absolute atomic E-state index is 12.8. The van der Waals surface area contributed by atoms with Crippen LogP contribution in [0.1, 0.15) is 26.5 Å². The summed E-state index contributed by atoms with van der Waals surface area (Å²) in [6.45, 7) is 1.01. The normalized spacial score (nSPS) is 14.2. The smallest absolute Gasteiger partial charge is 0.335 e. The van der Waals surface area contributed by atoms with Crippen LogP contribution < -0.4 is 0 Å². The molecule has 0 saturated carbocycles. The largest absolute Gasteiger partial charge is 0.456 e. The summed E-state index contributed by atoms with van der Waals surface area (Å²) in [5.74, 6) is -4.04. The monoisotopic (exact) mass is 364 g/mol. The van der Waals surface area contributed by atoms with Crippen LogP contribution in [0, 0.1) is 6.92 Å². The second-order valence-electron chi connectivity index (χ2n) is 5.62. The van der Waals surface area contributed by atoms with Crippen molar-refractivity contribution in [3.63, 3.8) is 0 Å². The van der Waals surface area contributed by atoms with E-state index in [0.717, 1.165) is 15.2 Å². The van der Waals surface area contributed by atoms with E-state index in [1.165, 1.54) is 19.1 Å². The van der Waals surface area contributed by atoms with Crippen LogP contribution in [0.3, 0.4) is 0 Å². The van der Waals surface area contributed by atoms with E-state index in [2.05, 4.69) is 0 Å². The number of aromatic nitrogens is 2. The van der Waals surface area contributed by atoms with Crippen LogP contribution in [0.15, 0.2) is 18.2 Å². The highest BCUT2D eigenvalue weighted by Crippen LogP contribution is 2.35. The predicted molar refractivity (Wildman–Crippen MR) is 73.4 cm³/mol. The van der Waals surface area contributed by atoms with E-state index in [9.17, 15) is 35.9 Å². The lowest BCUT2D eigenvalue weighted by Gasteiger charge is -2.23. The zero-order valence-electron chi connectivity index (χ0n) is 12.6. The van der Waals surface area contributed by atoms with Crippen LogP contribution in [0.25, 0.3) is 11.4 Å². The van der Waals surface area contributed by atoms with Gasteiger partial charge < -0.3 is 9.13 Å². The van der Waals surface area contributed by atoms with Crippen molar-refractivity contribution in [3.05, 3.63) is 35.2 Å². The average molecular weight is 364 g/mol. The fraction of sp³-hybridized carbons (Fsp3) is 0.333. The molecule has 3 heterocycles. The first-order valence-corrected chi connectivity index (χ1v) is 7.06. The van der Waals surface area contributed by atoms with Crippen LogP contribution in [-0.4, -0.2) is 33.1 Å². The Morgan fingerprint density at radius 3 is 2.00 bits per heavy atom. The molecule has 0 saturated heterocycles. The highest BCUT2D eigenvalue weighted by Gasteiger charge is 2.44. The van der Waals surface area contributed by atoms with Crippen molar-refractivity contribution in [2.75, 3.05) is 0 Å². The lowest BCUT2D eigenvalue weighted by Crippen LogP contribution is -2.30. The maximum Gasteiger partial charge on any atom is 0.456 e. The Morgan fingerprint density at radius 2 is 1.44 bits per heavy atom. The predicted octanol–water partition coefficient (Wildman–Crippen LogP) is 3.77. The van der Waals surface area contributed by atoms with Gasteiger partial charge in [0.25, 0.3) is 11.6 Å². The molecule has 134 valence electrons. The van der Waals surface area contributed by atoms with Gasteiger partial charge in [0.05, 0.1) is 22.8 Å². The average Bonchev–Trinajstić information content (AvgIpc) is 3.03. The van der Waals surface area contributed by atoms with Gasteiger partial charge in [-0.3, -0.25) is 9.59 Å². The molecule has 0 aliphatic carbocycles. The van der Waals surface area contributed by atoms with Crippen molar-refractivity contribution in [1.29, 1.82) is 0 Å². The van der Waals surface area contributed by atoms with Crippen molar-refractivity contribution in [2.24, 2.45) is 0 Å². The molecule has 0 N–H and O–H groups in total. The Labute approximate surface area is 136 Å². The van der Waals surface area contributed by atoms with Crippen LogP contribution in [0.2, 0.25) is 0 Å². The Hall–Kier alpha value is -2.52. The van der Waals surface area contributed by atoms with Crippen LogP contribution >= 0.6 is 0 Å². The molecule has 4 nitrogen and oxygen atoms in total. The van der Waals surface area contributed by atoms with E-state index in [1.807, 2.05) is 0 Å². The van der Waals surface area contributed by atoms with Crippen LogP contribution in [0.5, 0.6) is 0 Å². The molecule has 1 aliphatic rings. The molecule has 2 aromatic rings. The van der Waals surface area contributed by atoms with Crippen molar-refractivity contribution >= 4 is 11.6 Å². The molecular formula is C15H10F6N2O2. The fourth-order valence-corrected chi connectivity index (χ4v) is 3.04. The summed E-state index contributed by atoms with van der Waals surface area (Å²) in [6, 6.07) is 3.51. The first-order chi connectivity index (χ1) is 11.4. The summed E-state index contributed by atoms with van der Waals surface area (Å²) in [6.07, 6.45) is -10.1. The number of alkyl halides is 6. The van der Waals surface area contributed by atoms with Gasteiger partial charge in [-0.1, -0.05) is 0 Å². The molecule has 2 aromatic heterocycles. The molecule has 0 bridgehead atoms. The van der Waals surface area contributed by atoms with Crippen molar-refractivity contribution in [1.82, 2.24) is 9.13 Å². The van der Waals surface area contributed by atoms with E-state index in [1.54, 1.807) is 0 Å². The molecule has 0 radical (unpaired) electrons. The molecule has 1 aliphatic heterocycles. The summed E-state index contributed by atoms with van der Waals surface area (Å²) < 4.78 is 78.5. The number of carbonyl (C=O) groups is 2. The van der Waals surface area contributed by atoms with Gasteiger partial charge in [0.2, 0.25) is 0 Å². The van der Waals surface area contributed by atoms with Gasteiger partial charge in [-0.15, -0.1) is 0 Å². The first kappa shape index (κ1) is 17.3. The molecule has 0 fully saturated rings. The lowest BCUT2D eigenvalue weighted by molar-refractivity contribution is -0.0895. The molecule has 0 spiro atoms. The number of Topliss-reactive ketones (excluding diaryl/α,β-unsaturated/α-hetero) is 2. The molecule has 0 aromatic carbocycles. The Morgan fingerprint density at radius 1 is 0.880 bits per heavy atom. The zero-order chi connectivity index (χ0) is 18.7. The van der Waals surface area contributed by atoms with Gasteiger partial charge in [-0.05, 0) is 30.7 Å². The minimum absolute atomic E-state index is 0.0654. The molecule has 3 rings (SSSR count). The number of rotatable bonds is 2. The molecular weight excluding hydrogens is 354 g/mol. The molecule has 0 unspecified atom stereocenters. The molecule has 10 heteroatoms. The van der Waals surface area contributed by atoms with Crippen molar-refractivity contribution in [2.45, 2.75) is 32.4 Å². The third-order valence-corrected chi connectivity index (χ3v) is 4.04. The maximum atomic E-state index is 12.8. The molecule has 0 amide bonds. The Balaban J connectivity index is 2.13. The number of fused-ring (bicyclic) bond motifs is 3. The number of aryl methyl sites for hydroxylation is 1. The second kappa shape index (κ2) is 5.24. The number of halogens is 6. The fourth-order valence-electron chi connectivity index (χ4n) is 3.04. The van der Waals surface area contributed by atoms with Crippen LogP contribution in [-0.2, 0) is 13.1 Å². The SMILES string of the molecule is Cc1cc2n(c1C(=O)C(F)(F)F)CCn1c(C(=O)C(F)(F)F)ccc1-2. The van der Waals surface area contributed by atoms with E-state index < -0.39 is 35.3 Å². The number of hydrogen-bond acceptors (Lipinski definition) is 2. The Kier molecular flexibility index (Phi) is 3.63. The lowest BCUT2D eigenvalue weighted by atomic mass is 10.2. The van der Waals surface area contributed by atoms with Gasteiger partial charge in [-0.2, -0.15) is 26.3 Å². The summed E-state index contributed by atoms with van der Waals surface area (Å²) in [5.41, 5.74) is -0.744. The van der Waals surface area contributed by atoms with E-state index in [0.29, 0.717) is 0 Å². The quantitative estimate of drug-likeness (QED) is 0.602. The third-order valence-electron chi connectivity index (χ3n) is 4.04. The van der Waals surface area contributed by atoms with Crippen molar-refractivity contribution < 1.29 is 35.9 Å². The van der Waals surface area contributed by atoms with Crippen LogP contribution in [0.4, 0.5) is 26.3 Å². The van der Waals surface area contributed by atoms with E-state index >= 15 is 0 Å². The van der Waals surface area contributed by atoms with Gasteiger partial charge >= 0.3 is 12.4 Å². The highest BCUT2D eigenvalue weighted by molar-refractivity contribution is 6.02. The summed E-state index contributed by atoms with van der Waals surface area (Å²) in [7, 11) is 0. The minimum atomic E-state index is -5.06. The molecule has 0 atom stereocenters. The van der Waals surface area contributed by atoms with Gasteiger partial charge in [0.15, 0.2) is 0 Å². The van der Waals surface area contributed by atoms with Gasteiger partial charge in [0.1, 0.15) is 0 Å². The van der Waals surface area contributed by atoms with Gasteiger partial charge in [-0.25, -0.2) is 0 Å². The number of hydrogen-bond donors (Lipinski definition) is 0. The first-order valence-electron chi connectivity index (χ1n) is 7.06. The summed E-state index contributed by atoms with van der Waals surface area (Å²) >= 11 is 0. The van der Waals surface area contributed by atoms with Gasteiger partial charge in [0, 0.05) is 13.1 Å². The Bertz CT molecular complexity index is 885. The van der Waals surface area contributed by atoms with E-state index in [4.69, 9.17) is 0 Å². The number of carbonyl (C=O) groups excluding carboxylic acids is 2. The molecule has 25 heavy (non-hydrogen) atoms. The number of ketones is 2. The van der Waals surface area contributed by atoms with Crippen molar-refractivity contribution in [3.8, 4) is 11.4 Å². The topological polar surface area (TPSA) is 44.0 Å². The summed E-state index contributed by atoms with van der Waals surface area (Å²) in [5, 5.41) is 0. The highest BCUT2D eigenvalue weighted by atomic mass is 19.4. The standard InChI is InChI=1S/C15H10F6N2O2/c1-7-6-10-8-2-3-9(12(24)14(16,17)18)22(8)4-5-23(10)11(7)13(25)15(19,20)21/h2-3,6H,4-5H2,1H3. The second-order valence-corrected chi connectivity index (χ2v) is 5.62. The third kappa shape index (κ3) is 2.65. The number of nitrogens with zero attached hydrogens (tertiary/aromatic N) is 2.